The van der Waals surface area contributed by atoms with Crippen LogP contribution >= 0.6 is 0 Å². The molecule has 1 unspecified atom stereocenters. The van der Waals surface area contributed by atoms with Gasteiger partial charge in [0.1, 0.15) is 11.9 Å². The number of nitrogens with one attached hydrogen (secondary N) is 1. The fourth-order valence-corrected chi connectivity index (χ4v) is 2.09. The van der Waals surface area contributed by atoms with Gasteiger partial charge in [-0.3, -0.25) is 4.79 Å². The number of carboxylic acids is 2. The molecular formula is C17H21NO7. The summed E-state index contributed by atoms with van der Waals surface area (Å²) < 4.78 is 10.7. The zero-order valence-corrected chi connectivity index (χ0v) is 14.0. The van der Waals surface area contributed by atoms with Crippen LogP contribution in [0.1, 0.15) is 18.9 Å². The molecule has 3 N–H and O–H groups in total. The minimum atomic E-state index is -1.26. The Kier molecular flexibility index (Phi) is 8.14. The molecule has 1 aromatic rings. The van der Waals surface area contributed by atoms with E-state index < -0.39 is 11.9 Å². The number of amides is 1. The van der Waals surface area contributed by atoms with Crippen molar-refractivity contribution in [1.82, 2.24) is 0 Å². The number of carbonyl (C=O) groups is 3. The molecule has 2 rings (SSSR count). The van der Waals surface area contributed by atoms with E-state index in [2.05, 4.69) is 5.32 Å². The van der Waals surface area contributed by atoms with E-state index in [0.717, 1.165) is 17.7 Å². The smallest absolute Gasteiger partial charge is 0.328 e. The number of rotatable bonds is 6. The number of fused-ring (bicyclic) bond motifs is 1. The first kappa shape index (κ1) is 20.2. The van der Waals surface area contributed by atoms with Gasteiger partial charge >= 0.3 is 11.9 Å². The molecule has 0 saturated heterocycles. The zero-order chi connectivity index (χ0) is 18.8. The molecule has 0 spiro atoms. The van der Waals surface area contributed by atoms with Crippen LogP contribution in [0.15, 0.2) is 30.4 Å². The minimum absolute atomic E-state index is 0.0875. The Bertz CT molecular complexity index is 638. The molecule has 1 aliphatic heterocycles. The number of methoxy groups -OCH3 is 1. The summed E-state index contributed by atoms with van der Waals surface area (Å²) in [6, 6.07) is 5.75. The number of benzene rings is 1. The topological polar surface area (TPSA) is 122 Å². The average molecular weight is 351 g/mol. The second kappa shape index (κ2) is 10.1. The summed E-state index contributed by atoms with van der Waals surface area (Å²) in [5, 5.41) is 18.5. The van der Waals surface area contributed by atoms with E-state index in [9.17, 15) is 14.4 Å². The Morgan fingerprint density at radius 3 is 2.44 bits per heavy atom. The summed E-state index contributed by atoms with van der Waals surface area (Å²) in [5.41, 5.74) is 1.83. The first-order valence-electron chi connectivity index (χ1n) is 7.61. The second-order valence-electron chi connectivity index (χ2n) is 5.06. The van der Waals surface area contributed by atoms with Crippen molar-refractivity contribution in [3.63, 3.8) is 0 Å². The molecule has 0 fully saturated rings. The molecule has 1 aromatic carbocycles. The quantitative estimate of drug-likeness (QED) is 0.667. The number of anilines is 1. The van der Waals surface area contributed by atoms with Crippen molar-refractivity contribution in [2.24, 2.45) is 0 Å². The molecule has 136 valence electrons. The molecule has 1 heterocycles. The lowest BCUT2D eigenvalue weighted by molar-refractivity contribution is -0.134. The number of carboxylic acid groups (broad SMARTS) is 2. The zero-order valence-electron chi connectivity index (χ0n) is 14.0. The van der Waals surface area contributed by atoms with Gasteiger partial charge in [0.25, 0.3) is 5.91 Å². The van der Waals surface area contributed by atoms with Crippen LogP contribution in [-0.4, -0.2) is 47.9 Å². The van der Waals surface area contributed by atoms with Crippen molar-refractivity contribution < 1.29 is 34.1 Å². The maximum Gasteiger partial charge on any atom is 0.328 e. The SMILES string of the molecule is CCCOC1Cc2cccc(OC)c2NC1=O.O=C(O)/C=C\C(=O)O. The van der Waals surface area contributed by atoms with Crippen LogP contribution in [0, 0.1) is 0 Å². The lowest BCUT2D eigenvalue weighted by atomic mass is 10.0. The first-order valence-corrected chi connectivity index (χ1v) is 7.61. The van der Waals surface area contributed by atoms with Crippen molar-refractivity contribution >= 4 is 23.5 Å². The summed E-state index contributed by atoms with van der Waals surface area (Å²) in [6.07, 6.45) is 2.26. The van der Waals surface area contributed by atoms with Gasteiger partial charge in [-0.15, -0.1) is 0 Å². The predicted octanol–water partition coefficient (Wildman–Crippen LogP) is 1.70. The van der Waals surface area contributed by atoms with Gasteiger partial charge in [-0.1, -0.05) is 19.1 Å². The van der Waals surface area contributed by atoms with Crippen molar-refractivity contribution in [1.29, 1.82) is 0 Å². The third kappa shape index (κ3) is 6.64. The summed E-state index contributed by atoms with van der Waals surface area (Å²) >= 11 is 0. The molecule has 25 heavy (non-hydrogen) atoms. The maximum atomic E-state index is 11.8. The van der Waals surface area contributed by atoms with Gasteiger partial charge in [-0.2, -0.15) is 0 Å². The normalized spacial score (nSPS) is 15.6. The Morgan fingerprint density at radius 1 is 1.28 bits per heavy atom. The third-order valence-electron chi connectivity index (χ3n) is 3.17. The van der Waals surface area contributed by atoms with Crippen molar-refractivity contribution in [3.8, 4) is 5.75 Å². The summed E-state index contributed by atoms with van der Waals surface area (Å²) in [7, 11) is 1.60. The van der Waals surface area contributed by atoms with Crippen LogP contribution in [0.2, 0.25) is 0 Å². The van der Waals surface area contributed by atoms with E-state index in [0.29, 0.717) is 30.9 Å². The predicted molar refractivity (Wildman–Crippen MR) is 89.8 cm³/mol. The monoisotopic (exact) mass is 351 g/mol. The fraction of sp³-hybridized carbons (Fsp3) is 0.353. The van der Waals surface area contributed by atoms with Crippen LogP contribution < -0.4 is 10.1 Å². The highest BCUT2D eigenvalue weighted by atomic mass is 16.5. The van der Waals surface area contributed by atoms with Crippen LogP contribution in [0.25, 0.3) is 0 Å². The van der Waals surface area contributed by atoms with Gasteiger partial charge in [0.2, 0.25) is 0 Å². The van der Waals surface area contributed by atoms with Crippen LogP contribution in [0.3, 0.4) is 0 Å². The molecule has 0 saturated carbocycles. The first-order chi connectivity index (χ1) is 11.9. The molecular weight excluding hydrogens is 330 g/mol. The lowest BCUT2D eigenvalue weighted by Crippen LogP contribution is -2.37. The highest BCUT2D eigenvalue weighted by molar-refractivity contribution is 5.98. The molecule has 8 nitrogen and oxygen atoms in total. The number of ether oxygens (including phenoxy) is 2. The van der Waals surface area contributed by atoms with Gasteiger partial charge in [0, 0.05) is 25.2 Å². The van der Waals surface area contributed by atoms with E-state index in [1.54, 1.807) is 7.11 Å². The van der Waals surface area contributed by atoms with Crippen LogP contribution in [-0.2, 0) is 25.5 Å². The summed E-state index contributed by atoms with van der Waals surface area (Å²) in [6.45, 7) is 2.63. The fourth-order valence-electron chi connectivity index (χ4n) is 2.09. The Labute approximate surface area is 145 Å². The molecule has 1 amide bonds. The molecule has 0 aliphatic carbocycles. The van der Waals surface area contributed by atoms with E-state index >= 15 is 0 Å². The van der Waals surface area contributed by atoms with E-state index in [1.165, 1.54) is 0 Å². The molecule has 8 heteroatoms. The maximum absolute atomic E-state index is 11.8. The Hall–Kier alpha value is -2.87. The van der Waals surface area contributed by atoms with E-state index in [4.69, 9.17) is 19.7 Å². The number of para-hydroxylation sites is 1. The van der Waals surface area contributed by atoms with Crippen molar-refractivity contribution in [2.75, 3.05) is 19.0 Å². The van der Waals surface area contributed by atoms with Gasteiger partial charge in [-0.25, -0.2) is 9.59 Å². The molecule has 0 bridgehead atoms. The van der Waals surface area contributed by atoms with Crippen molar-refractivity contribution in [2.45, 2.75) is 25.9 Å². The Morgan fingerprint density at radius 2 is 1.92 bits per heavy atom. The number of aliphatic carboxylic acids is 2. The van der Waals surface area contributed by atoms with Gasteiger partial charge in [0.05, 0.1) is 12.8 Å². The summed E-state index contributed by atoms with van der Waals surface area (Å²) in [4.78, 5) is 30.9. The average Bonchev–Trinajstić information content (AvgIpc) is 2.58. The highest BCUT2D eigenvalue weighted by Crippen LogP contribution is 2.32. The van der Waals surface area contributed by atoms with Gasteiger partial charge in [-0.05, 0) is 18.1 Å². The molecule has 1 atom stereocenters. The second-order valence-corrected chi connectivity index (χ2v) is 5.06. The molecule has 0 aromatic heterocycles. The highest BCUT2D eigenvalue weighted by Gasteiger charge is 2.28. The van der Waals surface area contributed by atoms with Gasteiger partial charge in [0.15, 0.2) is 0 Å². The van der Waals surface area contributed by atoms with E-state index in [-0.39, 0.29) is 12.0 Å². The molecule has 1 aliphatic rings. The number of carbonyl (C=O) groups excluding carboxylic acids is 1. The van der Waals surface area contributed by atoms with Gasteiger partial charge < -0.3 is 25.0 Å². The van der Waals surface area contributed by atoms with Crippen LogP contribution in [0.5, 0.6) is 5.75 Å². The van der Waals surface area contributed by atoms with E-state index in [1.807, 2.05) is 25.1 Å². The molecule has 0 radical (unpaired) electrons. The van der Waals surface area contributed by atoms with Crippen molar-refractivity contribution in [3.05, 3.63) is 35.9 Å². The standard InChI is InChI=1S/C13H17NO3.C4H4O4/c1-3-7-17-11-8-9-5-4-6-10(16-2)12(9)14-13(11)15;5-3(6)1-2-4(7)8/h4-6,11H,3,7-8H2,1-2H3,(H,14,15);1-2H,(H,5,6)(H,7,8)/b;2-1-. The third-order valence-corrected chi connectivity index (χ3v) is 3.17. The number of hydrogen-bond acceptors (Lipinski definition) is 5. The largest absolute Gasteiger partial charge is 0.495 e. The Balaban J connectivity index is 0.000000333. The van der Waals surface area contributed by atoms with Crippen LogP contribution in [0.4, 0.5) is 5.69 Å². The lowest BCUT2D eigenvalue weighted by Gasteiger charge is -2.25. The number of hydrogen-bond donors (Lipinski definition) is 3. The minimum Gasteiger partial charge on any atom is -0.495 e. The summed E-state index contributed by atoms with van der Waals surface area (Å²) in [5.74, 6) is -1.90.